The number of aliphatic hydroxyl groups is 1. The maximum atomic E-state index is 12.7. The van der Waals surface area contributed by atoms with Crippen molar-refractivity contribution in [3.63, 3.8) is 0 Å². The van der Waals surface area contributed by atoms with Gasteiger partial charge in [-0.25, -0.2) is 13.4 Å². The molecule has 1 aliphatic rings. The fourth-order valence-electron chi connectivity index (χ4n) is 2.85. The predicted octanol–water partition coefficient (Wildman–Crippen LogP) is 1.48. The van der Waals surface area contributed by atoms with Crippen LogP contribution in [-0.4, -0.2) is 42.0 Å². The number of aromatic nitrogens is 1. The molecule has 1 aromatic carbocycles. The maximum absolute atomic E-state index is 12.7. The second kappa shape index (κ2) is 6.27. The summed E-state index contributed by atoms with van der Waals surface area (Å²) in [7, 11) is -3.58. The van der Waals surface area contributed by atoms with E-state index in [-0.39, 0.29) is 17.5 Å². The number of sulfonamides is 1. The molecule has 122 valence electrons. The fraction of sp³-hybridized carbons (Fsp3) is 0.312. The van der Waals surface area contributed by atoms with Crippen LogP contribution in [0.2, 0.25) is 0 Å². The van der Waals surface area contributed by atoms with E-state index in [9.17, 15) is 13.5 Å². The topological polar surface area (TPSA) is 96.5 Å². The van der Waals surface area contributed by atoms with Gasteiger partial charge in [-0.1, -0.05) is 18.2 Å². The lowest BCUT2D eigenvalue weighted by Gasteiger charge is -2.22. The fourth-order valence-corrected chi connectivity index (χ4v) is 4.54. The first-order valence-corrected chi connectivity index (χ1v) is 8.92. The molecule has 1 unspecified atom stereocenters. The first-order valence-electron chi connectivity index (χ1n) is 7.48. The number of pyridine rings is 1. The number of nitrogen functional groups attached to an aromatic ring is 1. The lowest BCUT2D eigenvalue weighted by atomic mass is 10.1. The molecule has 0 amide bonds. The van der Waals surface area contributed by atoms with Crippen molar-refractivity contribution in [3.8, 4) is 11.3 Å². The van der Waals surface area contributed by atoms with Gasteiger partial charge in [-0.3, -0.25) is 0 Å². The van der Waals surface area contributed by atoms with Crippen LogP contribution in [0.15, 0.2) is 47.4 Å². The minimum absolute atomic E-state index is 0.148. The Balaban J connectivity index is 1.90. The third-order valence-electron chi connectivity index (χ3n) is 4.06. The van der Waals surface area contributed by atoms with Gasteiger partial charge < -0.3 is 10.8 Å². The lowest BCUT2D eigenvalue weighted by Crippen LogP contribution is -2.37. The van der Waals surface area contributed by atoms with Gasteiger partial charge in [0.1, 0.15) is 5.82 Å². The van der Waals surface area contributed by atoms with Crippen LogP contribution >= 0.6 is 0 Å². The van der Waals surface area contributed by atoms with Crippen molar-refractivity contribution in [2.75, 3.05) is 18.9 Å². The lowest BCUT2D eigenvalue weighted by molar-refractivity contribution is 0.213. The first-order chi connectivity index (χ1) is 11.0. The molecule has 0 aliphatic carbocycles. The number of benzene rings is 1. The SMILES string of the molecule is Nc1cccc(-c2ccc(S(=O)(=O)N3CCCC3CO)cc2)n1. The molecular weight excluding hydrogens is 314 g/mol. The summed E-state index contributed by atoms with van der Waals surface area (Å²) >= 11 is 0. The number of aliphatic hydroxyl groups excluding tert-OH is 1. The molecule has 0 saturated carbocycles. The van der Waals surface area contributed by atoms with E-state index in [1.165, 1.54) is 4.31 Å². The van der Waals surface area contributed by atoms with Crippen LogP contribution in [0, 0.1) is 0 Å². The van der Waals surface area contributed by atoms with Crippen LogP contribution in [0.1, 0.15) is 12.8 Å². The van der Waals surface area contributed by atoms with E-state index in [4.69, 9.17) is 5.73 Å². The van der Waals surface area contributed by atoms with Crippen molar-refractivity contribution in [1.82, 2.24) is 9.29 Å². The first kappa shape index (κ1) is 15.9. The molecule has 0 radical (unpaired) electrons. The average molecular weight is 333 g/mol. The molecular formula is C16H19N3O3S. The number of nitrogens with zero attached hydrogens (tertiary/aromatic N) is 2. The smallest absolute Gasteiger partial charge is 0.243 e. The quantitative estimate of drug-likeness (QED) is 0.883. The minimum atomic E-state index is -3.58. The summed E-state index contributed by atoms with van der Waals surface area (Å²) in [4.78, 5) is 4.45. The van der Waals surface area contributed by atoms with Crippen molar-refractivity contribution >= 4 is 15.8 Å². The Morgan fingerprint density at radius 1 is 1.22 bits per heavy atom. The van der Waals surface area contributed by atoms with Crippen LogP contribution in [0.3, 0.4) is 0 Å². The number of hydrogen-bond donors (Lipinski definition) is 2. The molecule has 3 N–H and O–H groups in total. The van der Waals surface area contributed by atoms with Gasteiger partial charge in [0.25, 0.3) is 0 Å². The van der Waals surface area contributed by atoms with Crippen molar-refractivity contribution in [3.05, 3.63) is 42.5 Å². The van der Waals surface area contributed by atoms with Crippen molar-refractivity contribution in [2.45, 2.75) is 23.8 Å². The number of anilines is 1. The maximum Gasteiger partial charge on any atom is 0.243 e. The molecule has 1 fully saturated rings. The molecule has 0 spiro atoms. The van der Waals surface area contributed by atoms with Crippen molar-refractivity contribution in [1.29, 1.82) is 0 Å². The molecule has 23 heavy (non-hydrogen) atoms. The van der Waals surface area contributed by atoms with E-state index in [1.807, 2.05) is 6.07 Å². The van der Waals surface area contributed by atoms with Crippen LogP contribution in [0.5, 0.6) is 0 Å². The molecule has 1 atom stereocenters. The van der Waals surface area contributed by atoms with Gasteiger partial charge >= 0.3 is 0 Å². The molecule has 1 saturated heterocycles. The van der Waals surface area contributed by atoms with E-state index in [1.54, 1.807) is 36.4 Å². The third-order valence-corrected chi connectivity index (χ3v) is 6.03. The highest BCUT2D eigenvalue weighted by Gasteiger charge is 2.34. The molecule has 6 nitrogen and oxygen atoms in total. The standard InChI is InChI=1S/C16H19N3O3S/c17-16-5-1-4-15(18-16)12-6-8-14(9-7-12)23(21,22)19-10-2-3-13(19)11-20/h1,4-9,13,20H,2-3,10-11H2,(H2,17,18). The van der Waals surface area contributed by atoms with E-state index in [2.05, 4.69) is 4.98 Å². The Morgan fingerprint density at radius 2 is 1.96 bits per heavy atom. The zero-order valence-corrected chi connectivity index (χ0v) is 13.4. The Hall–Kier alpha value is -1.96. The van der Waals surface area contributed by atoms with E-state index >= 15 is 0 Å². The second-order valence-electron chi connectivity index (χ2n) is 5.57. The summed E-state index contributed by atoms with van der Waals surface area (Å²) in [5.41, 5.74) is 7.17. The average Bonchev–Trinajstić information content (AvgIpc) is 3.04. The zero-order chi connectivity index (χ0) is 16.4. The van der Waals surface area contributed by atoms with Crippen LogP contribution in [0.4, 0.5) is 5.82 Å². The zero-order valence-electron chi connectivity index (χ0n) is 12.6. The van der Waals surface area contributed by atoms with Crippen LogP contribution < -0.4 is 5.73 Å². The summed E-state index contributed by atoms with van der Waals surface area (Å²) in [6.45, 7) is 0.302. The highest BCUT2D eigenvalue weighted by Crippen LogP contribution is 2.27. The summed E-state index contributed by atoms with van der Waals surface area (Å²) in [6, 6.07) is 11.6. The van der Waals surface area contributed by atoms with Crippen LogP contribution in [0.25, 0.3) is 11.3 Å². The predicted molar refractivity (Wildman–Crippen MR) is 88.1 cm³/mol. The Bertz CT molecular complexity index is 790. The van der Waals surface area contributed by atoms with Crippen LogP contribution in [-0.2, 0) is 10.0 Å². The molecule has 1 aliphatic heterocycles. The summed E-state index contributed by atoms with van der Waals surface area (Å²) in [5, 5.41) is 9.34. The van der Waals surface area contributed by atoms with Gasteiger partial charge in [0.2, 0.25) is 10.0 Å². The van der Waals surface area contributed by atoms with Crippen molar-refractivity contribution < 1.29 is 13.5 Å². The number of rotatable bonds is 4. The monoisotopic (exact) mass is 333 g/mol. The van der Waals surface area contributed by atoms with Gasteiger partial charge in [0, 0.05) is 18.2 Å². The Morgan fingerprint density at radius 3 is 2.61 bits per heavy atom. The van der Waals surface area contributed by atoms with Gasteiger partial charge in [0.05, 0.1) is 17.2 Å². The van der Waals surface area contributed by atoms with Crippen molar-refractivity contribution in [2.24, 2.45) is 0 Å². The molecule has 1 aromatic heterocycles. The number of nitrogens with two attached hydrogens (primary N) is 1. The second-order valence-corrected chi connectivity index (χ2v) is 7.46. The molecule has 7 heteroatoms. The van der Waals surface area contributed by atoms with E-state index < -0.39 is 10.0 Å². The minimum Gasteiger partial charge on any atom is -0.395 e. The highest BCUT2D eigenvalue weighted by atomic mass is 32.2. The largest absolute Gasteiger partial charge is 0.395 e. The van der Waals surface area contributed by atoms with Gasteiger partial charge in [0.15, 0.2) is 0 Å². The molecule has 2 heterocycles. The molecule has 3 rings (SSSR count). The summed E-state index contributed by atoms with van der Waals surface area (Å²) in [5.74, 6) is 0.419. The number of hydrogen-bond acceptors (Lipinski definition) is 5. The third kappa shape index (κ3) is 3.08. The molecule has 0 bridgehead atoms. The van der Waals surface area contributed by atoms with Gasteiger partial charge in [-0.2, -0.15) is 4.31 Å². The molecule has 2 aromatic rings. The Labute approximate surface area is 135 Å². The highest BCUT2D eigenvalue weighted by molar-refractivity contribution is 7.89. The summed E-state index contributed by atoms with van der Waals surface area (Å²) < 4.78 is 26.8. The summed E-state index contributed by atoms with van der Waals surface area (Å²) in [6.07, 6.45) is 1.47. The van der Waals surface area contributed by atoms with E-state index in [0.717, 1.165) is 12.0 Å². The normalized spacial score (nSPS) is 19.1. The van der Waals surface area contributed by atoms with Gasteiger partial charge in [-0.15, -0.1) is 0 Å². The Kier molecular flexibility index (Phi) is 4.34. The van der Waals surface area contributed by atoms with Gasteiger partial charge in [-0.05, 0) is 37.1 Å². The van der Waals surface area contributed by atoms with E-state index in [0.29, 0.717) is 24.5 Å².